The summed E-state index contributed by atoms with van der Waals surface area (Å²) in [4.78, 5) is 13.4. The molecule has 7 nitrogen and oxygen atoms in total. The van der Waals surface area contributed by atoms with Crippen molar-refractivity contribution in [2.24, 2.45) is 10.8 Å². The molecular formula is C21H28N4O3. The molecule has 4 heterocycles. The Balaban J connectivity index is 1.96. The molecule has 28 heavy (non-hydrogen) atoms. The number of piperidine rings is 2. The van der Waals surface area contributed by atoms with Gasteiger partial charge in [0.1, 0.15) is 0 Å². The summed E-state index contributed by atoms with van der Waals surface area (Å²) in [6.45, 7) is 0.599. The van der Waals surface area contributed by atoms with Gasteiger partial charge < -0.3 is 20.2 Å². The van der Waals surface area contributed by atoms with Crippen LogP contribution in [0.1, 0.15) is 23.5 Å². The van der Waals surface area contributed by atoms with E-state index >= 15 is 0 Å². The fraction of sp³-hybridized carbons (Fsp3) is 0.524. The topological polar surface area (TPSA) is 93.0 Å². The van der Waals surface area contributed by atoms with E-state index in [0.717, 1.165) is 11.4 Å². The molecule has 4 rings (SSSR count). The van der Waals surface area contributed by atoms with Crippen LogP contribution in [0.15, 0.2) is 48.8 Å². The summed E-state index contributed by atoms with van der Waals surface area (Å²) in [5.74, 6) is 0. The van der Waals surface area contributed by atoms with Gasteiger partial charge in [-0.2, -0.15) is 0 Å². The van der Waals surface area contributed by atoms with Crippen molar-refractivity contribution >= 4 is 0 Å². The van der Waals surface area contributed by atoms with Crippen molar-refractivity contribution in [2.45, 2.75) is 18.2 Å². The quantitative estimate of drug-likeness (QED) is 0.706. The van der Waals surface area contributed by atoms with Crippen LogP contribution in [0, 0.1) is 10.8 Å². The number of aromatic nitrogens is 2. The van der Waals surface area contributed by atoms with Crippen LogP contribution in [0.3, 0.4) is 0 Å². The van der Waals surface area contributed by atoms with E-state index in [9.17, 15) is 15.3 Å². The van der Waals surface area contributed by atoms with Gasteiger partial charge in [-0.15, -0.1) is 0 Å². The van der Waals surface area contributed by atoms with E-state index in [2.05, 4.69) is 19.8 Å². The second kappa shape index (κ2) is 7.17. The Labute approximate surface area is 165 Å². The fourth-order valence-electron chi connectivity index (χ4n) is 5.77. The lowest BCUT2D eigenvalue weighted by Gasteiger charge is -2.66. The van der Waals surface area contributed by atoms with Crippen molar-refractivity contribution < 1.29 is 15.3 Å². The highest BCUT2D eigenvalue weighted by molar-refractivity contribution is 5.28. The minimum Gasteiger partial charge on any atom is -0.396 e. The molecular weight excluding hydrogens is 356 g/mol. The summed E-state index contributed by atoms with van der Waals surface area (Å²) >= 11 is 0. The highest BCUT2D eigenvalue weighted by Gasteiger charge is 2.67. The zero-order valence-electron chi connectivity index (χ0n) is 16.3. The number of rotatable bonds is 4. The minimum atomic E-state index is -0.915. The van der Waals surface area contributed by atoms with Gasteiger partial charge in [-0.1, -0.05) is 12.1 Å². The van der Waals surface area contributed by atoms with E-state index in [1.54, 1.807) is 12.4 Å². The molecule has 0 aromatic carbocycles. The van der Waals surface area contributed by atoms with E-state index in [-0.39, 0.29) is 25.3 Å². The van der Waals surface area contributed by atoms with E-state index in [0.29, 0.717) is 13.1 Å². The van der Waals surface area contributed by atoms with Gasteiger partial charge in [0.15, 0.2) is 0 Å². The zero-order valence-corrected chi connectivity index (χ0v) is 16.3. The third-order valence-electron chi connectivity index (χ3n) is 6.65. The second-order valence-electron chi connectivity index (χ2n) is 8.34. The van der Waals surface area contributed by atoms with Crippen molar-refractivity contribution in [3.63, 3.8) is 0 Å². The Morgan fingerprint density at radius 2 is 1.36 bits per heavy atom. The van der Waals surface area contributed by atoms with Gasteiger partial charge in [0.2, 0.25) is 0 Å². The lowest BCUT2D eigenvalue weighted by Crippen LogP contribution is -2.74. The summed E-state index contributed by atoms with van der Waals surface area (Å²) < 4.78 is 0. The highest BCUT2D eigenvalue weighted by Crippen LogP contribution is 2.60. The molecule has 0 radical (unpaired) electrons. The van der Waals surface area contributed by atoms with E-state index in [4.69, 9.17) is 0 Å². The minimum absolute atomic E-state index is 0.208. The fourth-order valence-corrected chi connectivity index (χ4v) is 5.77. The van der Waals surface area contributed by atoms with E-state index < -0.39 is 16.9 Å². The van der Waals surface area contributed by atoms with Gasteiger partial charge in [0.05, 0.1) is 53.6 Å². The molecule has 2 fully saturated rings. The largest absolute Gasteiger partial charge is 0.396 e. The van der Waals surface area contributed by atoms with Crippen molar-refractivity contribution in [1.82, 2.24) is 19.8 Å². The van der Waals surface area contributed by atoms with Crippen molar-refractivity contribution in [2.75, 3.05) is 40.4 Å². The summed E-state index contributed by atoms with van der Waals surface area (Å²) in [5.41, 5.74) is -0.157. The molecule has 2 saturated heterocycles. The number of hydrogen-bond acceptors (Lipinski definition) is 7. The van der Waals surface area contributed by atoms with Crippen LogP contribution in [-0.4, -0.2) is 81.6 Å². The molecule has 3 N–H and O–H groups in total. The summed E-state index contributed by atoms with van der Waals surface area (Å²) in [6, 6.07) is 10.8. The first-order valence-corrected chi connectivity index (χ1v) is 9.62. The van der Waals surface area contributed by atoms with Crippen LogP contribution >= 0.6 is 0 Å². The van der Waals surface area contributed by atoms with Crippen LogP contribution in [0.2, 0.25) is 0 Å². The number of aliphatic hydroxyl groups is 3. The van der Waals surface area contributed by atoms with Crippen molar-refractivity contribution in [3.8, 4) is 0 Å². The van der Waals surface area contributed by atoms with E-state index in [1.807, 2.05) is 50.5 Å². The third kappa shape index (κ3) is 2.62. The molecule has 0 amide bonds. The van der Waals surface area contributed by atoms with Gasteiger partial charge in [0, 0.05) is 25.5 Å². The van der Waals surface area contributed by atoms with Crippen LogP contribution in [0.4, 0.5) is 0 Å². The number of hydrogen-bond donors (Lipinski definition) is 3. The molecule has 2 aliphatic heterocycles. The molecule has 1 unspecified atom stereocenters. The lowest BCUT2D eigenvalue weighted by molar-refractivity contribution is -0.257. The summed E-state index contributed by atoms with van der Waals surface area (Å²) in [6.07, 6.45) is 2.55. The smallest absolute Gasteiger partial charge is 0.0759 e. The average Bonchev–Trinajstić information content (AvgIpc) is 2.72. The SMILES string of the molecule is CN1C[C@]2(CO)C(O)[C@](CO)(C1)[C@@H](c1ccccn1)N(C)[C@H]2c1ccccn1. The molecule has 2 bridgehead atoms. The standard InChI is InChI=1S/C21H28N4O3/c1-24-11-20(13-26)17(15-7-3-5-9-22-15)25(2)18(16-8-4-6-10-23-16)21(12-24,14-27)19(20)28/h3-10,17-19,26-28H,11-14H2,1-2H3/t17-,18+,19?,20+,21-. The number of nitrogens with zero attached hydrogens (tertiary/aromatic N) is 4. The van der Waals surface area contributed by atoms with Gasteiger partial charge in [0.25, 0.3) is 0 Å². The van der Waals surface area contributed by atoms with Gasteiger partial charge >= 0.3 is 0 Å². The van der Waals surface area contributed by atoms with Crippen molar-refractivity contribution in [1.29, 1.82) is 0 Å². The highest BCUT2D eigenvalue weighted by atomic mass is 16.3. The molecule has 2 aromatic rings. The van der Waals surface area contributed by atoms with Crippen LogP contribution in [0.25, 0.3) is 0 Å². The summed E-state index contributed by atoms with van der Waals surface area (Å²) in [7, 11) is 3.95. The third-order valence-corrected chi connectivity index (χ3v) is 6.65. The predicted molar refractivity (Wildman–Crippen MR) is 104 cm³/mol. The first-order chi connectivity index (χ1) is 13.5. The average molecular weight is 384 g/mol. The van der Waals surface area contributed by atoms with Crippen LogP contribution in [0.5, 0.6) is 0 Å². The maximum Gasteiger partial charge on any atom is 0.0759 e. The van der Waals surface area contributed by atoms with E-state index in [1.165, 1.54) is 0 Å². The molecule has 0 aliphatic carbocycles. The normalized spacial score (nSPS) is 36.4. The number of fused-ring (bicyclic) bond motifs is 2. The maximum atomic E-state index is 11.7. The summed E-state index contributed by atoms with van der Waals surface area (Å²) in [5, 5.41) is 32.8. The Kier molecular flexibility index (Phi) is 4.97. The zero-order chi connectivity index (χ0) is 19.9. The molecule has 0 spiro atoms. The first kappa shape index (κ1) is 19.4. The Morgan fingerprint density at radius 3 is 1.71 bits per heavy atom. The molecule has 7 heteroatoms. The first-order valence-electron chi connectivity index (χ1n) is 9.62. The number of pyridine rings is 2. The maximum absolute atomic E-state index is 11.7. The lowest BCUT2D eigenvalue weighted by atomic mass is 9.54. The van der Waals surface area contributed by atoms with Crippen LogP contribution in [-0.2, 0) is 0 Å². The number of aliphatic hydroxyl groups excluding tert-OH is 3. The Bertz CT molecular complexity index is 742. The van der Waals surface area contributed by atoms with Crippen LogP contribution < -0.4 is 0 Å². The van der Waals surface area contributed by atoms with Crippen molar-refractivity contribution in [3.05, 3.63) is 60.2 Å². The molecule has 0 saturated carbocycles. The van der Waals surface area contributed by atoms with Gasteiger partial charge in [-0.25, -0.2) is 0 Å². The monoisotopic (exact) mass is 384 g/mol. The molecule has 5 atom stereocenters. The Morgan fingerprint density at radius 1 is 0.893 bits per heavy atom. The predicted octanol–water partition coefficient (Wildman–Crippen LogP) is 0.468. The Hall–Kier alpha value is -1.90. The van der Waals surface area contributed by atoms with Gasteiger partial charge in [-0.05, 0) is 38.4 Å². The molecule has 150 valence electrons. The second-order valence-corrected chi connectivity index (χ2v) is 8.34. The molecule has 2 aliphatic rings. The molecule has 2 aromatic heterocycles. The van der Waals surface area contributed by atoms with Gasteiger partial charge in [-0.3, -0.25) is 14.9 Å². The number of likely N-dealkylation sites (tertiary alicyclic amines) is 2.